The highest BCUT2D eigenvalue weighted by atomic mass is 32.2. The average Bonchev–Trinajstić information content (AvgIpc) is 2.51. The zero-order valence-electron chi connectivity index (χ0n) is 9.70. The summed E-state index contributed by atoms with van der Waals surface area (Å²) in [6.45, 7) is 6.89. The summed E-state index contributed by atoms with van der Waals surface area (Å²) in [4.78, 5) is 11.4. The summed E-state index contributed by atoms with van der Waals surface area (Å²) in [5.41, 5.74) is 6.85. The molecule has 0 atom stereocenters. The number of aromatic nitrogens is 2. The van der Waals surface area contributed by atoms with Crippen LogP contribution < -0.4 is 5.73 Å². The van der Waals surface area contributed by atoms with Crippen LogP contribution in [0, 0.1) is 20.8 Å². The molecule has 16 heavy (non-hydrogen) atoms. The molecule has 0 aliphatic heterocycles. The Morgan fingerprint density at radius 1 is 1.25 bits per heavy atom. The average molecular weight is 253 g/mol. The molecule has 0 fully saturated rings. The van der Waals surface area contributed by atoms with Crippen molar-refractivity contribution in [1.82, 2.24) is 9.97 Å². The van der Waals surface area contributed by atoms with Crippen LogP contribution in [0.3, 0.4) is 0 Å². The van der Waals surface area contributed by atoms with Crippen LogP contribution in [0.2, 0.25) is 0 Å². The molecule has 2 rings (SSSR count). The van der Waals surface area contributed by atoms with Crippen molar-refractivity contribution >= 4 is 33.3 Å². The molecule has 0 spiro atoms. The lowest BCUT2D eigenvalue weighted by Gasteiger charge is -2.03. The first kappa shape index (κ1) is 11.8. The Bertz CT molecular complexity index is 519. The van der Waals surface area contributed by atoms with E-state index in [2.05, 4.69) is 23.8 Å². The molecule has 0 bridgehead atoms. The first-order chi connectivity index (χ1) is 7.63. The smallest absolute Gasteiger partial charge is 0.128 e. The van der Waals surface area contributed by atoms with E-state index >= 15 is 0 Å². The summed E-state index contributed by atoms with van der Waals surface area (Å²) in [6.07, 6.45) is 0. The summed E-state index contributed by atoms with van der Waals surface area (Å²) < 4.78 is 0. The summed E-state index contributed by atoms with van der Waals surface area (Å²) >= 11 is 3.47. The van der Waals surface area contributed by atoms with Gasteiger partial charge in [0, 0.05) is 22.6 Å². The second-order valence-corrected chi connectivity index (χ2v) is 5.96. The van der Waals surface area contributed by atoms with Gasteiger partial charge in [0.05, 0.1) is 0 Å². The predicted molar refractivity (Wildman–Crippen MR) is 71.4 cm³/mol. The van der Waals surface area contributed by atoms with Gasteiger partial charge in [-0.3, -0.25) is 0 Å². The molecule has 2 aromatic rings. The molecule has 2 heterocycles. The van der Waals surface area contributed by atoms with Crippen molar-refractivity contribution in [3.8, 4) is 0 Å². The zero-order chi connectivity index (χ0) is 11.7. The number of thiophene rings is 1. The molecule has 86 valence electrons. The summed E-state index contributed by atoms with van der Waals surface area (Å²) in [6, 6.07) is 0. The Hall–Kier alpha value is -0.650. The lowest BCUT2D eigenvalue weighted by atomic mass is 10.2. The molecule has 0 amide bonds. The third kappa shape index (κ3) is 2.07. The molecule has 0 aromatic carbocycles. The number of hydrogen-bond donors (Lipinski definition) is 1. The largest absolute Gasteiger partial charge is 0.330 e. The first-order valence-corrected chi connectivity index (χ1v) is 7.01. The van der Waals surface area contributed by atoms with E-state index in [0.717, 1.165) is 21.4 Å². The molecule has 2 N–H and O–H groups in total. The standard InChI is InChI=1S/C11H15N3S2/c1-6-7(2)16-11-9(6)10(15-5-4-12)13-8(3)14-11/h4-5,12H2,1-3H3. The van der Waals surface area contributed by atoms with Gasteiger partial charge in [0.25, 0.3) is 0 Å². The molecule has 2 aromatic heterocycles. The van der Waals surface area contributed by atoms with Crippen LogP contribution >= 0.6 is 23.1 Å². The van der Waals surface area contributed by atoms with Gasteiger partial charge in [0.15, 0.2) is 0 Å². The molecule has 3 nitrogen and oxygen atoms in total. The van der Waals surface area contributed by atoms with Crippen LogP contribution in [0.5, 0.6) is 0 Å². The van der Waals surface area contributed by atoms with E-state index in [-0.39, 0.29) is 0 Å². The fraction of sp³-hybridized carbons (Fsp3) is 0.455. The number of nitrogens with two attached hydrogens (primary N) is 1. The number of thioether (sulfide) groups is 1. The molecule has 0 saturated heterocycles. The minimum atomic E-state index is 0.678. The fourth-order valence-corrected chi connectivity index (χ4v) is 3.62. The van der Waals surface area contributed by atoms with Gasteiger partial charge in [-0.2, -0.15) is 0 Å². The maximum absolute atomic E-state index is 5.54. The van der Waals surface area contributed by atoms with E-state index in [1.165, 1.54) is 15.8 Å². The minimum absolute atomic E-state index is 0.678. The van der Waals surface area contributed by atoms with Crippen LogP contribution in [0.25, 0.3) is 10.2 Å². The van der Waals surface area contributed by atoms with E-state index in [1.54, 1.807) is 23.1 Å². The van der Waals surface area contributed by atoms with Gasteiger partial charge in [-0.15, -0.1) is 23.1 Å². The highest BCUT2D eigenvalue weighted by Gasteiger charge is 2.13. The van der Waals surface area contributed by atoms with Gasteiger partial charge in [0.1, 0.15) is 15.7 Å². The van der Waals surface area contributed by atoms with Gasteiger partial charge in [0.2, 0.25) is 0 Å². The van der Waals surface area contributed by atoms with Crippen molar-refractivity contribution in [1.29, 1.82) is 0 Å². The van der Waals surface area contributed by atoms with E-state index in [0.29, 0.717) is 6.54 Å². The molecule has 0 aliphatic carbocycles. The van der Waals surface area contributed by atoms with Crippen molar-refractivity contribution in [3.05, 3.63) is 16.3 Å². The van der Waals surface area contributed by atoms with Gasteiger partial charge in [-0.1, -0.05) is 0 Å². The van der Waals surface area contributed by atoms with Crippen molar-refractivity contribution in [3.63, 3.8) is 0 Å². The van der Waals surface area contributed by atoms with E-state index in [1.807, 2.05) is 6.92 Å². The van der Waals surface area contributed by atoms with Crippen molar-refractivity contribution in [2.75, 3.05) is 12.3 Å². The Kier molecular flexibility index (Phi) is 3.47. The summed E-state index contributed by atoms with van der Waals surface area (Å²) in [5.74, 6) is 1.74. The Balaban J connectivity index is 2.60. The van der Waals surface area contributed by atoms with Gasteiger partial charge < -0.3 is 5.73 Å². The third-order valence-electron chi connectivity index (χ3n) is 2.46. The van der Waals surface area contributed by atoms with Crippen LogP contribution in [0.4, 0.5) is 0 Å². The van der Waals surface area contributed by atoms with Gasteiger partial charge >= 0.3 is 0 Å². The highest BCUT2D eigenvalue weighted by Crippen LogP contribution is 2.34. The quantitative estimate of drug-likeness (QED) is 0.675. The molecule has 5 heteroatoms. The van der Waals surface area contributed by atoms with Crippen LogP contribution in [-0.2, 0) is 0 Å². The van der Waals surface area contributed by atoms with E-state index < -0.39 is 0 Å². The monoisotopic (exact) mass is 253 g/mol. The topological polar surface area (TPSA) is 51.8 Å². The van der Waals surface area contributed by atoms with Crippen molar-refractivity contribution in [2.45, 2.75) is 25.8 Å². The van der Waals surface area contributed by atoms with Crippen LogP contribution in [-0.4, -0.2) is 22.3 Å². The third-order valence-corrected chi connectivity index (χ3v) is 4.57. The molecule has 0 radical (unpaired) electrons. The lowest BCUT2D eigenvalue weighted by Crippen LogP contribution is -2.02. The normalized spacial score (nSPS) is 11.2. The maximum Gasteiger partial charge on any atom is 0.128 e. The van der Waals surface area contributed by atoms with Gasteiger partial charge in [-0.25, -0.2) is 9.97 Å². The van der Waals surface area contributed by atoms with Crippen LogP contribution in [0.15, 0.2) is 5.03 Å². The lowest BCUT2D eigenvalue weighted by molar-refractivity contribution is 1.01. The van der Waals surface area contributed by atoms with Crippen LogP contribution in [0.1, 0.15) is 16.3 Å². The highest BCUT2D eigenvalue weighted by molar-refractivity contribution is 7.99. The minimum Gasteiger partial charge on any atom is -0.330 e. The van der Waals surface area contributed by atoms with Gasteiger partial charge in [-0.05, 0) is 26.3 Å². The number of nitrogens with zero attached hydrogens (tertiary/aromatic N) is 2. The number of aryl methyl sites for hydroxylation is 3. The van der Waals surface area contributed by atoms with E-state index in [4.69, 9.17) is 5.73 Å². The fourth-order valence-electron chi connectivity index (χ4n) is 1.57. The van der Waals surface area contributed by atoms with E-state index in [9.17, 15) is 0 Å². The predicted octanol–water partition coefficient (Wildman–Crippen LogP) is 2.67. The first-order valence-electron chi connectivity index (χ1n) is 5.20. The van der Waals surface area contributed by atoms with Crippen molar-refractivity contribution < 1.29 is 0 Å². The summed E-state index contributed by atoms with van der Waals surface area (Å²) in [7, 11) is 0. The maximum atomic E-state index is 5.54. The molecule has 0 unspecified atom stereocenters. The second-order valence-electron chi connectivity index (χ2n) is 3.68. The second kappa shape index (κ2) is 4.69. The molecular weight excluding hydrogens is 238 g/mol. The SMILES string of the molecule is Cc1nc(SCCN)c2c(C)c(C)sc2n1. The Labute approximate surface area is 103 Å². The molecule has 0 aliphatic rings. The Morgan fingerprint density at radius 2 is 2.00 bits per heavy atom. The van der Waals surface area contributed by atoms with Crippen molar-refractivity contribution in [2.24, 2.45) is 5.73 Å². The molecular formula is C11H15N3S2. The number of fused-ring (bicyclic) bond motifs is 1. The number of rotatable bonds is 3. The molecule has 0 saturated carbocycles. The Morgan fingerprint density at radius 3 is 2.69 bits per heavy atom. The zero-order valence-corrected chi connectivity index (χ0v) is 11.3. The number of hydrogen-bond acceptors (Lipinski definition) is 5. The summed E-state index contributed by atoms with van der Waals surface area (Å²) in [5, 5.41) is 2.29.